The fourth-order valence-electron chi connectivity index (χ4n) is 3.80. The fourth-order valence-corrected chi connectivity index (χ4v) is 3.80. The third kappa shape index (κ3) is 0.803. The summed E-state index contributed by atoms with van der Waals surface area (Å²) in [5.41, 5.74) is 0.217. The molecule has 0 saturated heterocycles. The van der Waals surface area contributed by atoms with Gasteiger partial charge in [0, 0.05) is 6.42 Å². The smallest absolute Gasteiger partial charge is 0.0627 e. The van der Waals surface area contributed by atoms with Gasteiger partial charge in [0.1, 0.15) is 0 Å². The van der Waals surface area contributed by atoms with Crippen molar-refractivity contribution in [3.63, 3.8) is 0 Å². The first-order valence-corrected chi connectivity index (χ1v) is 5.45. The van der Waals surface area contributed by atoms with Gasteiger partial charge in [0.2, 0.25) is 0 Å². The monoisotopic (exact) mass is 193 g/mol. The highest BCUT2D eigenvalue weighted by Crippen LogP contribution is 2.73. The zero-order valence-electron chi connectivity index (χ0n) is 9.30. The summed E-state index contributed by atoms with van der Waals surface area (Å²) in [4.78, 5) is 0. The van der Waals surface area contributed by atoms with E-state index in [0.29, 0.717) is 6.42 Å². The number of fused-ring (bicyclic) bond motifs is 2. The van der Waals surface area contributed by atoms with Crippen LogP contribution in [0.3, 0.4) is 0 Å². The predicted molar refractivity (Wildman–Crippen MR) is 54.4 cm³/mol. The van der Waals surface area contributed by atoms with Gasteiger partial charge in [-0.1, -0.05) is 20.8 Å². The summed E-state index contributed by atoms with van der Waals surface area (Å²) in [7, 11) is 0. The maximum atomic E-state index is 10.1. The van der Waals surface area contributed by atoms with Gasteiger partial charge < -0.3 is 5.11 Å². The Hall–Kier alpha value is -0.550. The van der Waals surface area contributed by atoms with Gasteiger partial charge in [0.25, 0.3) is 0 Å². The Bertz CT molecular complexity index is 304. The van der Waals surface area contributed by atoms with Crippen molar-refractivity contribution >= 4 is 0 Å². The molecular weight excluding hydrogens is 174 g/mol. The van der Waals surface area contributed by atoms with Gasteiger partial charge in [-0.25, -0.2) is 0 Å². The van der Waals surface area contributed by atoms with E-state index in [4.69, 9.17) is 5.26 Å². The van der Waals surface area contributed by atoms with Crippen molar-refractivity contribution in [1.29, 1.82) is 5.26 Å². The first-order valence-electron chi connectivity index (χ1n) is 5.45. The van der Waals surface area contributed by atoms with Gasteiger partial charge in [0.15, 0.2) is 0 Å². The Labute approximate surface area is 85.9 Å². The van der Waals surface area contributed by atoms with Gasteiger partial charge in [-0.2, -0.15) is 5.26 Å². The second kappa shape index (κ2) is 2.52. The summed E-state index contributed by atoms with van der Waals surface area (Å²) in [6, 6.07) is 2.31. The van der Waals surface area contributed by atoms with Crippen LogP contribution in [-0.2, 0) is 0 Å². The minimum atomic E-state index is -0.209. The van der Waals surface area contributed by atoms with E-state index in [0.717, 1.165) is 19.3 Å². The normalized spacial score (nSPS) is 49.2. The van der Waals surface area contributed by atoms with Crippen molar-refractivity contribution in [3.8, 4) is 6.07 Å². The summed E-state index contributed by atoms with van der Waals surface area (Å²) < 4.78 is 0. The SMILES string of the molecule is CC1(C)[C@@]2(CC#N)CC[C@]1(C)[C@H](O)C2. The Morgan fingerprint density at radius 3 is 2.36 bits per heavy atom. The van der Waals surface area contributed by atoms with E-state index in [2.05, 4.69) is 26.8 Å². The van der Waals surface area contributed by atoms with Gasteiger partial charge in [-0.15, -0.1) is 0 Å². The summed E-state index contributed by atoms with van der Waals surface area (Å²) in [5, 5.41) is 19.0. The van der Waals surface area contributed by atoms with Crippen LogP contribution in [0.5, 0.6) is 0 Å². The topological polar surface area (TPSA) is 44.0 Å². The molecule has 14 heavy (non-hydrogen) atoms. The van der Waals surface area contributed by atoms with Crippen molar-refractivity contribution in [2.45, 2.75) is 52.6 Å². The maximum absolute atomic E-state index is 10.1. The minimum absolute atomic E-state index is 0.0316. The number of hydrogen-bond donors (Lipinski definition) is 1. The van der Waals surface area contributed by atoms with E-state index in [1.807, 2.05) is 0 Å². The molecule has 2 aliphatic rings. The molecule has 1 N–H and O–H groups in total. The van der Waals surface area contributed by atoms with Crippen LogP contribution in [0.4, 0.5) is 0 Å². The molecule has 0 aromatic carbocycles. The van der Waals surface area contributed by atoms with Gasteiger partial charge in [-0.05, 0) is 35.5 Å². The van der Waals surface area contributed by atoms with E-state index in [-0.39, 0.29) is 22.3 Å². The van der Waals surface area contributed by atoms with Crippen molar-refractivity contribution in [1.82, 2.24) is 0 Å². The molecule has 0 aliphatic heterocycles. The number of nitriles is 1. The summed E-state index contributed by atoms with van der Waals surface area (Å²) in [6.45, 7) is 6.64. The minimum Gasteiger partial charge on any atom is -0.393 e. The van der Waals surface area contributed by atoms with Crippen LogP contribution < -0.4 is 0 Å². The lowest BCUT2D eigenvalue weighted by Crippen LogP contribution is -2.36. The van der Waals surface area contributed by atoms with Crippen molar-refractivity contribution in [2.75, 3.05) is 0 Å². The van der Waals surface area contributed by atoms with E-state index in [1.165, 1.54) is 0 Å². The molecule has 0 radical (unpaired) electrons. The Kier molecular flexibility index (Phi) is 1.80. The van der Waals surface area contributed by atoms with Gasteiger partial charge in [0.05, 0.1) is 12.2 Å². The van der Waals surface area contributed by atoms with Crippen LogP contribution in [0, 0.1) is 27.6 Å². The molecule has 3 atom stereocenters. The lowest BCUT2D eigenvalue weighted by molar-refractivity contribution is 0.0112. The fraction of sp³-hybridized carbons (Fsp3) is 0.917. The largest absolute Gasteiger partial charge is 0.393 e. The standard InChI is InChI=1S/C12H19NO/c1-10(2)11(3)4-5-12(10,6-7-13)8-9(11)14/h9,14H,4-6,8H2,1-3H3/t9-,11-,12-/m1/s1. The number of nitrogens with zero attached hydrogens (tertiary/aromatic N) is 1. The van der Waals surface area contributed by atoms with E-state index in [1.54, 1.807) is 0 Å². The Morgan fingerprint density at radius 1 is 1.36 bits per heavy atom. The molecule has 0 unspecified atom stereocenters. The second-order valence-electron chi connectivity index (χ2n) is 5.88. The molecular formula is C12H19NO. The molecule has 78 valence electrons. The molecule has 2 aliphatic carbocycles. The highest BCUT2D eigenvalue weighted by atomic mass is 16.3. The summed E-state index contributed by atoms with van der Waals surface area (Å²) in [5.74, 6) is 0. The third-order valence-electron chi connectivity index (χ3n) is 5.61. The van der Waals surface area contributed by atoms with Gasteiger partial charge in [-0.3, -0.25) is 0 Å². The van der Waals surface area contributed by atoms with Crippen LogP contribution in [-0.4, -0.2) is 11.2 Å². The quantitative estimate of drug-likeness (QED) is 0.695. The highest BCUT2D eigenvalue weighted by molar-refractivity contribution is 5.19. The molecule has 0 aromatic heterocycles. The zero-order chi connectivity index (χ0) is 10.6. The molecule has 0 heterocycles. The average molecular weight is 193 g/mol. The molecule has 2 nitrogen and oxygen atoms in total. The van der Waals surface area contributed by atoms with Crippen LogP contribution in [0.25, 0.3) is 0 Å². The van der Waals surface area contributed by atoms with Crippen LogP contribution in [0.2, 0.25) is 0 Å². The molecule has 2 rings (SSSR count). The van der Waals surface area contributed by atoms with E-state index >= 15 is 0 Å². The summed E-state index contributed by atoms with van der Waals surface area (Å²) in [6.07, 6.45) is 3.40. The number of aliphatic hydroxyl groups excluding tert-OH is 1. The van der Waals surface area contributed by atoms with E-state index < -0.39 is 0 Å². The van der Waals surface area contributed by atoms with Crippen molar-refractivity contribution in [3.05, 3.63) is 0 Å². The molecule has 0 aromatic rings. The van der Waals surface area contributed by atoms with Crippen LogP contribution in [0.1, 0.15) is 46.5 Å². The zero-order valence-corrected chi connectivity index (χ0v) is 9.30. The van der Waals surface area contributed by atoms with Gasteiger partial charge >= 0.3 is 0 Å². The average Bonchev–Trinajstić information content (AvgIpc) is 2.35. The lowest BCUT2D eigenvalue weighted by Gasteiger charge is -2.40. The predicted octanol–water partition coefficient (Wildman–Crippen LogP) is 2.48. The first kappa shape index (κ1) is 9.98. The Balaban J connectivity index is 2.44. The van der Waals surface area contributed by atoms with Crippen LogP contribution >= 0.6 is 0 Å². The lowest BCUT2D eigenvalue weighted by atomic mass is 9.64. The van der Waals surface area contributed by atoms with Crippen molar-refractivity contribution < 1.29 is 5.11 Å². The van der Waals surface area contributed by atoms with Crippen molar-refractivity contribution in [2.24, 2.45) is 16.2 Å². The number of rotatable bonds is 1. The molecule has 0 amide bonds. The highest BCUT2D eigenvalue weighted by Gasteiger charge is 2.68. The number of aliphatic hydroxyl groups is 1. The van der Waals surface area contributed by atoms with E-state index in [9.17, 15) is 5.11 Å². The third-order valence-corrected chi connectivity index (χ3v) is 5.61. The molecule has 2 heteroatoms. The molecule has 2 bridgehead atoms. The number of hydrogen-bond acceptors (Lipinski definition) is 2. The second-order valence-corrected chi connectivity index (χ2v) is 5.88. The maximum Gasteiger partial charge on any atom is 0.0627 e. The Morgan fingerprint density at radius 2 is 2.00 bits per heavy atom. The first-order chi connectivity index (χ1) is 6.40. The summed E-state index contributed by atoms with van der Waals surface area (Å²) >= 11 is 0. The molecule has 2 saturated carbocycles. The molecule has 2 fully saturated rings. The molecule has 0 spiro atoms. The van der Waals surface area contributed by atoms with Crippen LogP contribution in [0.15, 0.2) is 0 Å².